The Bertz CT molecular complexity index is 316. The number of aryl methyl sites for hydroxylation is 1. The molecule has 1 aliphatic carbocycles. The van der Waals surface area contributed by atoms with Crippen molar-refractivity contribution in [2.24, 2.45) is 5.73 Å². The molecule has 0 amide bonds. The molecule has 1 fully saturated rings. The number of aromatic nitrogens is 2. The van der Waals surface area contributed by atoms with E-state index in [2.05, 4.69) is 9.97 Å². The summed E-state index contributed by atoms with van der Waals surface area (Å²) in [6, 6.07) is 0.149. The highest BCUT2D eigenvalue weighted by atomic mass is 16.5. The highest BCUT2D eigenvalue weighted by molar-refractivity contribution is 5.15. The third kappa shape index (κ3) is 1.85. The van der Waals surface area contributed by atoms with Crippen molar-refractivity contribution in [1.82, 2.24) is 9.97 Å². The normalized spacial score (nSPS) is 26.4. The third-order valence-corrected chi connectivity index (χ3v) is 2.60. The smallest absolute Gasteiger partial charge is 0.235 e. The van der Waals surface area contributed by atoms with E-state index in [1.807, 2.05) is 6.92 Å². The molecule has 0 saturated heterocycles. The molecule has 2 atom stereocenters. The predicted molar refractivity (Wildman–Crippen MR) is 53.0 cm³/mol. The zero-order valence-electron chi connectivity index (χ0n) is 8.31. The minimum atomic E-state index is 0.116. The van der Waals surface area contributed by atoms with Crippen molar-refractivity contribution in [2.75, 3.05) is 0 Å². The molecule has 0 spiro atoms. The van der Waals surface area contributed by atoms with Gasteiger partial charge in [0, 0.05) is 18.4 Å². The Labute approximate surface area is 83.5 Å². The summed E-state index contributed by atoms with van der Waals surface area (Å²) in [4.78, 5) is 8.25. The fraction of sp³-hybridized carbons (Fsp3) is 0.600. The quantitative estimate of drug-likeness (QED) is 0.762. The molecule has 1 aromatic heterocycles. The zero-order valence-corrected chi connectivity index (χ0v) is 8.31. The summed E-state index contributed by atoms with van der Waals surface area (Å²) < 4.78 is 5.72. The summed E-state index contributed by atoms with van der Waals surface area (Å²) >= 11 is 0. The number of hydrogen-bond acceptors (Lipinski definition) is 4. The average molecular weight is 193 g/mol. The fourth-order valence-corrected chi connectivity index (χ4v) is 1.75. The molecule has 1 saturated carbocycles. The standard InChI is InChI=1S/C10H15N3O/c1-7-10(13-6-5-12-7)14-9-4-2-3-8(9)11/h5-6,8-9H,2-4,11H2,1H3. The summed E-state index contributed by atoms with van der Waals surface area (Å²) in [6.07, 6.45) is 6.64. The van der Waals surface area contributed by atoms with Crippen LogP contribution in [0.2, 0.25) is 0 Å². The molecule has 4 heteroatoms. The van der Waals surface area contributed by atoms with Crippen LogP contribution in [0.15, 0.2) is 12.4 Å². The minimum Gasteiger partial charge on any atom is -0.471 e. The molecule has 1 aliphatic rings. The van der Waals surface area contributed by atoms with Crippen LogP contribution >= 0.6 is 0 Å². The van der Waals surface area contributed by atoms with E-state index in [-0.39, 0.29) is 12.1 Å². The van der Waals surface area contributed by atoms with Crippen molar-refractivity contribution in [2.45, 2.75) is 38.3 Å². The van der Waals surface area contributed by atoms with Gasteiger partial charge in [0.1, 0.15) is 6.10 Å². The molecule has 14 heavy (non-hydrogen) atoms. The van der Waals surface area contributed by atoms with Gasteiger partial charge in [0.15, 0.2) is 0 Å². The molecule has 0 bridgehead atoms. The van der Waals surface area contributed by atoms with Crippen LogP contribution in [-0.4, -0.2) is 22.1 Å². The van der Waals surface area contributed by atoms with Crippen molar-refractivity contribution in [3.05, 3.63) is 18.1 Å². The summed E-state index contributed by atoms with van der Waals surface area (Å²) in [7, 11) is 0. The topological polar surface area (TPSA) is 61.0 Å². The van der Waals surface area contributed by atoms with Gasteiger partial charge in [-0.05, 0) is 26.2 Å². The Kier molecular flexibility index (Phi) is 2.63. The van der Waals surface area contributed by atoms with Crippen LogP contribution in [0.4, 0.5) is 0 Å². The van der Waals surface area contributed by atoms with E-state index in [0.717, 1.165) is 25.0 Å². The van der Waals surface area contributed by atoms with E-state index in [1.165, 1.54) is 0 Å². The first-order chi connectivity index (χ1) is 6.77. The van der Waals surface area contributed by atoms with E-state index in [9.17, 15) is 0 Å². The van der Waals surface area contributed by atoms with Crippen LogP contribution in [0.25, 0.3) is 0 Å². The van der Waals surface area contributed by atoms with Crippen LogP contribution < -0.4 is 10.5 Å². The first kappa shape index (κ1) is 9.40. The van der Waals surface area contributed by atoms with Gasteiger partial charge in [0.25, 0.3) is 0 Å². The van der Waals surface area contributed by atoms with Gasteiger partial charge in [0.2, 0.25) is 5.88 Å². The van der Waals surface area contributed by atoms with Gasteiger partial charge in [-0.3, -0.25) is 4.98 Å². The second-order valence-electron chi connectivity index (χ2n) is 3.70. The van der Waals surface area contributed by atoms with Gasteiger partial charge in [-0.15, -0.1) is 0 Å². The molecule has 2 rings (SSSR count). The van der Waals surface area contributed by atoms with Gasteiger partial charge in [-0.1, -0.05) is 0 Å². The minimum absolute atomic E-state index is 0.116. The van der Waals surface area contributed by atoms with Crippen molar-refractivity contribution < 1.29 is 4.74 Å². The second-order valence-corrected chi connectivity index (χ2v) is 3.70. The van der Waals surface area contributed by atoms with Crippen molar-refractivity contribution in [3.8, 4) is 5.88 Å². The molecular weight excluding hydrogens is 178 g/mol. The number of ether oxygens (including phenoxy) is 1. The lowest BCUT2D eigenvalue weighted by Gasteiger charge is -2.17. The summed E-state index contributed by atoms with van der Waals surface area (Å²) in [5, 5.41) is 0. The predicted octanol–water partition coefficient (Wildman–Crippen LogP) is 1.04. The largest absolute Gasteiger partial charge is 0.471 e. The lowest BCUT2D eigenvalue weighted by molar-refractivity contribution is 0.181. The van der Waals surface area contributed by atoms with Gasteiger partial charge in [0.05, 0.1) is 5.69 Å². The van der Waals surface area contributed by atoms with E-state index >= 15 is 0 Å². The maximum atomic E-state index is 5.90. The molecule has 2 unspecified atom stereocenters. The Morgan fingerprint density at radius 2 is 2.14 bits per heavy atom. The summed E-state index contributed by atoms with van der Waals surface area (Å²) in [5.41, 5.74) is 6.73. The Balaban J connectivity index is 2.07. The van der Waals surface area contributed by atoms with Crippen LogP contribution in [0.5, 0.6) is 5.88 Å². The molecule has 0 radical (unpaired) electrons. The molecule has 76 valence electrons. The third-order valence-electron chi connectivity index (χ3n) is 2.60. The van der Waals surface area contributed by atoms with Crippen LogP contribution in [0.1, 0.15) is 25.0 Å². The van der Waals surface area contributed by atoms with Crippen LogP contribution in [-0.2, 0) is 0 Å². The summed E-state index contributed by atoms with van der Waals surface area (Å²) in [5.74, 6) is 0.620. The molecule has 0 aromatic carbocycles. The Hall–Kier alpha value is -1.16. The average Bonchev–Trinajstić information content (AvgIpc) is 2.56. The summed E-state index contributed by atoms with van der Waals surface area (Å²) in [6.45, 7) is 1.89. The number of hydrogen-bond donors (Lipinski definition) is 1. The van der Waals surface area contributed by atoms with E-state index in [0.29, 0.717) is 5.88 Å². The second kappa shape index (κ2) is 3.92. The molecule has 2 N–H and O–H groups in total. The van der Waals surface area contributed by atoms with Gasteiger partial charge < -0.3 is 10.5 Å². The van der Waals surface area contributed by atoms with Crippen LogP contribution in [0, 0.1) is 6.92 Å². The lowest BCUT2D eigenvalue weighted by atomic mass is 10.2. The van der Waals surface area contributed by atoms with Gasteiger partial charge in [-0.25, -0.2) is 4.98 Å². The lowest BCUT2D eigenvalue weighted by Crippen LogP contribution is -2.34. The maximum absolute atomic E-state index is 5.90. The Morgan fingerprint density at radius 1 is 1.36 bits per heavy atom. The molecule has 4 nitrogen and oxygen atoms in total. The number of nitrogens with zero attached hydrogens (tertiary/aromatic N) is 2. The van der Waals surface area contributed by atoms with Crippen molar-refractivity contribution >= 4 is 0 Å². The highest BCUT2D eigenvalue weighted by Crippen LogP contribution is 2.23. The van der Waals surface area contributed by atoms with Crippen molar-refractivity contribution in [3.63, 3.8) is 0 Å². The van der Waals surface area contributed by atoms with E-state index < -0.39 is 0 Å². The van der Waals surface area contributed by atoms with Gasteiger partial charge in [-0.2, -0.15) is 0 Å². The van der Waals surface area contributed by atoms with E-state index in [1.54, 1.807) is 12.4 Å². The monoisotopic (exact) mass is 193 g/mol. The first-order valence-electron chi connectivity index (χ1n) is 4.97. The maximum Gasteiger partial charge on any atom is 0.235 e. The molecule has 1 heterocycles. The molecule has 1 aromatic rings. The first-order valence-corrected chi connectivity index (χ1v) is 4.97. The van der Waals surface area contributed by atoms with Crippen molar-refractivity contribution in [1.29, 1.82) is 0 Å². The molecular formula is C10H15N3O. The zero-order chi connectivity index (χ0) is 9.97. The van der Waals surface area contributed by atoms with E-state index in [4.69, 9.17) is 10.5 Å². The highest BCUT2D eigenvalue weighted by Gasteiger charge is 2.26. The number of nitrogens with two attached hydrogens (primary N) is 1. The molecule has 0 aliphatic heterocycles. The van der Waals surface area contributed by atoms with Gasteiger partial charge >= 0.3 is 0 Å². The SMILES string of the molecule is Cc1nccnc1OC1CCCC1N. The van der Waals surface area contributed by atoms with Crippen LogP contribution in [0.3, 0.4) is 0 Å². The number of rotatable bonds is 2. The fourth-order valence-electron chi connectivity index (χ4n) is 1.75. The Morgan fingerprint density at radius 3 is 2.79 bits per heavy atom.